The third-order valence-electron chi connectivity index (χ3n) is 4.30. The van der Waals surface area contributed by atoms with E-state index in [0.717, 1.165) is 18.2 Å². The molecule has 3 rings (SSSR count). The van der Waals surface area contributed by atoms with Crippen LogP contribution in [0, 0.1) is 12.9 Å². The second-order valence-electron chi connectivity index (χ2n) is 6.48. The number of carbonyl (C=O) groups is 2. The number of amides is 1. The van der Waals surface area contributed by atoms with E-state index < -0.39 is 29.4 Å². The first-order chi connectivity index (χ1) is 14.1. The van der Waals surface area contributed by atoms with Gasteiger partial charge < -0.3 is 5.32 Å². The van der Waals surface area contributed by atoms with E-state index in [9.17, 15) is 27.2 Å². The van der Waals surface area contributed by atoms with Gasteiger partial charge in [0.2, 0.25) is 5.95 Å². The molecule has 154 valence electrons. The third kappa shape index (κ3) is 4.51. The Balaban J connectivity index is 1.90. The van der Waals surface area contributed by atoms with Crippen molar-refractivity contribution in [2.45, 2.75) is 20.0 Å². The van der Waals surface area contributed by atoms with Crippen molar-refractivity contribution >= 4 is 17.4 Å². The van der Waals surface area contributed by atoms with Crippen molar-refractivity contribution in [1.82, 2.24) is 9.97 Å². The van der Waals surface area contributed by atoms with Crippen molar-refractivity contribution in [1.29, 1.82) is 0 Å². The van der Waals surface area contributed by atoms with Crippen LogP contribution in [0.1, 0.15) is 38.9 Å². The van der Waals surface area contributed by atoms with Crippen LogP contribution in [0.25, 0.3) is 11.3 Å². The molecule has 0 spiro atoms. The molecule has 5 nitrogen and oxygen atoms in total. The number of benzene rings is 1. The highest BCUT2D eigenvalue weighted by molar-refractivity contribution is 6.04. The number of pyridine rings is 2. The highest BCUT2D eigenvalue weighted by Crippen LogP contribution is 2.30. The van der Waals surface area contributed by atoms with Crippen LogP contribution in [0.15, 0.2) is 48.7 Å². The van der Waals surface area contributed by atoms with Gasteiger partial charge in [0.15, 0.2) is 5.78 Å². The minimum absolute atomic E-state index is 0.154. The van der Waals surface area contributed by atoms with Gasteiger partial charge >= 0.3 is 6.18 Å². The van der Waals surface area contributed by atoms with Crippen LogP contribution < -0.4 is 5.32 Å². The van der Waals surface area contributed by atoms with Gasteiger partial charge in [-0.05, 0) is 50.2 Å². The Bertz CT molecular complexity index is 1140. The average Bonchev–Trinajstić information content (AvgIpc) is 2.68. The number of Topliss-reactive ketones (excluding diaryl/α,β-unsaturated/α-hetero) is 1. The fourth-order valence-electron chi connectivity index (χ4n) is 2.75. The summed E-state index contributed by atoms with van der Waals surface area (Å²) < 4.78 is 52.6. The summed E-state index contributed by atoms with van der Waals surface area (Å²) >= 11 is 0. The Morgan fingerprint density at radius 1 is 1.07 bits per heavy atom. The van der Waals surface area contributed by atoms with Crippen molar-refractivity contribution < 1.29 is 27.2 Å². The lowest BCUT2D eigenvalue weighted by atomic mass is 10.1. The molecule has 30 heavy (non-hydrogen) atoms. The molecule has 0 aliphatic rings. The minimum atomic E-state index is -4.57. The van der Waals surface area contributed by atoms with Gasteiger partial charge in [-0.25, -0.2) is 4.98 Å². The van der Waals surface area contributed by atoms with E-state index in [-0.39, 0.29) is 22.5 Å². The predicted octanol–water partition coefficient (Wildman–Crippen LogP) is 5.06. The summed E-state index contributed by atoms with van der Waals surface area (Å²) in [5.41, 5.74) is -0.0164. The largest absolute Gasteiger partial charge is 0.416 e. The quantitative estimate of drug-likeness (QED) is 0.366. The van der Waals surface area contributed by atoms with Crippen LogP contribution in [-0.4, -0.2) is 21.7 Å². The summed E-state index contributed by atoms with van der Waals surface area (Å²) in [5, 5.41) is 2.47. The van der Waals surface area contributed by atoms with Gasteiger partial charge in [0.25, 0.3) is 5.91 Å². The fourth-order valence-corrected chi connectivity index (χ4v) is 2.75. The first kappa shape index (κ1) is 21.1. The van der Waals surface area contributed by atoms with E-state index in [2.05, 4.69) is 15.3 Å². The molecule has 0 aliphatic heterocycles. The van der Waals surface area contributed by atoms with E-state index in [1.54, 1.807) is 6.92 Å². The zero-order valence-electron chi connectivity index (χ0n) is 15.8. The van der Waals surface area contributed by atoms with E-state index in [0.29, 0.717) is 11.3 Å². The number of nitrogens with zero attached hydrogens (tertiary/aromatic N) is 2. The average molecular weight is 417 g/mol. The number of carbonyl (C=O) groups excluding carboxylic acids is 2. The Hall–Kier alpha value is -3.62. The Kier molecular flexibility index (Phi) is 5.64. The molecule has 0 aliphatic carbocycles. The van der Waals surface area contributed by atoms with Gasteiger partial charge in [0.05, 0.1) is 28.7 Å². The summed E-state index contributed by atoms with van der Waals surface area (Å²) in [5.74, 6) is -2.16. The number of anilines is 1. The minimum Gasteiger partial charge on any atom is -0.321 e. The van der Waals surface area contributed by atoms with Crippen molar-refractivity contribution in [2.75, 3.05) is 5.32 Å². The van der Waals surface area contributed by atoms with E-state index >= 15 is 0 Å². The number of halogens is 4. The number of nitrogens with one attached hydrogen (secondary N) is 1. The van der Waals surface area contributed by atoms with E-state index in [1.165, 1.54) is 37.4 Å². The van der Waals surface area contributed by atoms with E-state index in [1.807, 2.05) is 0 Å². The lowest BCUT2D eigenvalue weighted by Crippen LogP contribution is -2.14. The number of alkyl halides is 3. The van der Waals surface area contributed by atoms with Crippen molar-refractivity contribution in [2.24, 2.45) is 0 Å². The van der Waals surface area contributed by atoms with Crippen LogP contribution in [0.5, 0.6) is 0 Å². The van der Waals surface area contributed by atoms with Crippen LogP contribution >= 0.6 is 0 Å². The van der Waals surface area contributed by atoms with Gasteiger partial charge in [-0.15, -0.1) is 0 Å². The SMILES string of the molecule is CC(=O)c1ccc(-c2cc(NC(=O)c3cccc(C(F)(F)F)c3)cnc2C)nc1F. The zero-order valence-corrected chi connectivity index (χ0v) is 15.8. The standard InChI is InChI=1S/C21H15F4N3O2/c1-11-17(18-7-6-16(12(2)29)19(22)28-18)9-15(10-26-11)27-20(30)13-4-3-5-14(8-13)21(23,24)25/h3-10H,1-2H3,(H,27,30). The summed E-state index contributed by atoms with van der Waals surface area (Å²) in [6.07, 6.45) is -3.25. The number of ketones is 1. The molecule has 2 heterocycles. The second kappa shape index (κ2) is 8.02. The van der Waals surface area contributed by atoms with Gasteiger partial charge in [0, 0.05) is 16.8 Å². The molecule has 0 radical (unpaired) electrons. The van der Waals surface area contributed by atoms with Crippen LogP contribution in [0.2, 0.25) is 0 Å². The summed E-state index contributed by atoms with van der Waals surface area (Å²) in [7, 11) is 0. The molecule has 1 amide bonds. The molecule has 1 N–H and O–H groups in total. The molecule has 3 aromatic rings. The third-order valence-corrected chi connectivity index (χ3v) is 4.30. The molecule has 0 saturated carbocycles. The predicted molar refractivity (Wildman–Crippen MR) is 102 cm³/mol. The topological polar surface area (TPSA) is 72.0 Å². The molecule has 0 unspecified atom stereocenters. The van der Waals surface area contributed by atoms with Crippen molar-refractivity contribution in [3.63, 3.8) is 0 Å². The lowest BCUT2D eigenvalue weighted by Gasteiger charge is -2.11. The second-order valence-corrected chi connectivity index (χ2v) is 6.48. The normalized spacial score (nSPS) is 11.3. The van der Waals surface area contributed by atoms with Crippen LogP contribution in [0.4, 0.5) is 23.2 Å². The number of hydrogen-bond acceptors (Lipinski definition) is 4. The number of hydrogen-bond donors (Lipinski definition) is 1. The monoisotopic (exact) mass is 417 g/mol. The zero-order chi connectivity index (χ0) is 22.1. The van der Waals surface area contributed by atoms with Gasteiger partial charge in [0.1, 0.15) is 0 Å². The van der Waals surface area contributed by atoms with Gasteiger partial charge in [-0.1, -0.05) is 6.07 Å². The Labute approximate surface area is 168 Å². The summed E-state index contributed by atoms with van der Waals surface area (Å²) in [6.45, 7) is 2.86. The summed E-state index contributed by atoms with van der Waals surface area (Å²) in [4.78, 5) is 31.6. The lowest BCUT2D eigenvalue weighted by molar-refractivity contribution is -0.137. The molecule has 1 aromatic carbocycles. The van der Waals surface area contributed by atoms with E-state index in [4.69, 9.17) is 0 Å². The van der Waals surface area contributed by atoms with Crippen molar-refractivity contribution in [3.05, 3.63) is 77.0 Å². The molecule has 9 heteroatoms. The van der Waals surface area contributed by atoms with Gasteiger partial charge in [-0.2, -0.15) is 17.6 Å². The number of rotatable bonds is 4. The molecule has 0 bridgehead atoms. The molecule has 0 atom stereocenters. The first-order valence-electron chi connectivity index (χ1n) is 8.69. The van der Waals surface area contributed by atoms with Crippen molar-refractivity contribution in [3.8, 4) is 11.3 Å². The highest BCUT2D eigenvalue weighted by Gasteiger charge is 2.30. The fraction of sp³-hybridized carbons (Fsp3) is 0.143. The molecule has 0 fully saturated rings. The van der Waals surface area contributed by atoms with Crippen LogP contribution in [-0.2, 0) is 6.18 Å². The Morgan fingerprint density at radius 3 is 2.43 bits per heavy atom. The van der Waals surface area contributed by atoms with Crippen LogP contribution in [0.3, 0.4) is 0 Å². The number of aromatic nitrogens is 2. The first-order valence-corrected chi connectivity index (χ1v) is 8.69. The smallest absolute Gasteiger partial charge is 0.321 e. The molecular weight excluding hydrogens is 402 g/mol. The maximum Gasteiger partial charge on any atom is 0.416 e. The molecule has 0 saturated heterocycles. The summed E-state index contributed by atoms with van der Waals surface area (Å²) in [6, 6.07) is 8.23. The highest BCUT2D eigenvalue weighted by atomic mass is 19.4. The maximum atomic E-state index is 14.1. The van der Waals surface area contributed by atoms with Gasteiger partial charge in [-0.3, -0.25) is 14.6 Å². The molecular formula is C21H15F4N3O2. The Morgan fingerprint density at radius 2 is 1.80 bits per heavy atom. The maximum absolute atomic E-state index is 14.1. The molecule has 2 aromatic heterocycles. The number of aryl methyl sites for hydroxylation is 1.